The van der Waals surface area contributed by atoms with E-state index in [0.29, 0.717) is 6.42 Å². The standard InChI is InChI=1S/C8H16O2.C3H4O2/c1-2-3-4-5-6-7-8(9)10;1-2-3(4)5/h2-7H2,1H3,(H,9,10);2H,1H2,(H,4,5). The lowest BCUT2D eigenvalue weighted by Gasteiger charge is -1.95. The van der Waals surface area contributed by atoms with Crippen LogP contribution in [0.25, 0.3) is 0 Å². The van der Waals surface area contributed by atoms with Crippen molar-refractivity contribution in [2.24, 2.45) is 0 Å². The van der Waals surface area contributed by atoms with Gasteiger partial charge in [-0.05, 0) is 6.42 Å². The van der Waals surface area contributed by atoms with Gasteiger partial charge in [0.05, 0.1) is 0 Å². The highest BCUT2D eigenvalue weighted by Crippen LogP contribution is 2.04. The molecule has 0 fully saturated rings. The molecule has 2 N–H and O–H groups in total. The Balaban J connectivity index is 0. The van der Waals surface area contributed by atoms with Crippen molar-refractivity contribution in [1.82, 2.24) is 0 Å². The summed E-state index contributed by atoms with van der Waals surface area (Å²) in [6.07, 6.45) is 6.72. The Morgan fingerprint density at radius 3 is 1.93 bits per heavy atom. The van der Waals surface area contributed by atoms with Gasteiger partial charge in [0.1, 0.15) is 0 Å². The monoisotopic (exact) mass is 216 g/mol. The number of carboxylic acids is 2. The van der Waals surface area contributed by atoms with E-state index >= 15 is 0 Å². The molecule has 0 atom stereocenters. The lowest BCUT2D eigenvalue weighted by atomic mass is 10.1. The van der Waals surface area contributed by atoms with E-state index in [2.05, 4.69) is 13.5 Å². The molecule has 15 heavy (non-hydrogen) atoms. The molecule has 0 aromatic rings. The van der Waals surface area contributed by atoms with Gasteiger partial charge in [-0.3, -0.25) is 4.79 Å². The molecule has 0 radical (unpaired) electrons. The highest BCUT2D eigenvalue weighted by molar-refractivity contribution is 5.78. The third-order valence-corrected chi connectivity index (χ3v) is 1.67. The molecule has 0 aliphatic rings. The second kappa shape index (κ2) is 12.7. The number of hydrogen-bond acceptors (Lipinski definition) is 2. The van der Waals surface area contributed by atoms with Gasteiger partial charge in [0, 0.05) is 12.5 Å². The van der Waals surface area contributed by atoms with E-state index in [1.54, 1.807) is 0 Å². The average Bonchev–Trinajstić information content (AvgIpc) is 2.18. The first kappa shape index (κ1) is 16.1. The molecule has 4 heteroatoms. The van der Waals surface area contributed by atoms with Crippen molar-refractivity contribution in [3.63, 3.8) is 0 Å². The first-order valence-corrected chi connectivity index (χ1v) is 5.11. The third kappa shape index (κ3) is 24.5. The minimum atomic E-state index is -0.981. The van der Waals surface area contributed by atoms with Gasteiger partial charge < -0.3 is 10.2 Å². The van der Waals surface area contributed by atoms with Crippen LogP contribution in [0, 0.1) is 0 Å². The quantitative estimate of drug-likeness (QED) is 0.507. The molecule has 4 nitrogen and oxygen atoms in total. The SMILES string of the molecule is C=CC(=O)O.CCCCCCCC(=O)O. The Labute approximate surface area is 90.6 Å². The summed E-state index contributed by atoms with van der Waals surface area (Å²) in [5.74, 6) is -1.65. The summed E-state index contributed by atoms with van der Waals surface area (Å²) in [7, 11) is 0. The maximum Gasteiger partial charge on any atom is 0.327 e. The lowest BCUT2D eigenvalue weighted by Crippen LogP contribution is -1.93. The van der Waals surface area contributed by atoms with Crippen molar-refractivity contribution in [1.29, 1.82) is 0 Å². The predicted octanol–water partition coefficient (Wildman–Crippen LogP) is 2.69. The van der Waals surface area contributed by atoms with Crippen LogP contribution in [-0.2, 0) is 9.59 Å². The van der Waals surface area contributed by atoms with Crippen LogP contribution in [0.4, 0.5) is 0 Å². The summed E-state index contributed by atoms with van der Waals surface area (Å²) in [5.41, 5.74) is 0. The number of rotatable bonds is 7. The van der Waals surface area contributed by atoms with Gasteiger partial charge in [-0.15, -0.1) is 0 Å². The van der Waals surface area contributed by atoms with Crippen molar-refractivity contribution in [2.45, 2.75) is 45.4 Å². The molecule has 0 heterocycles. The van der Waals surface area contributed by atoms with E-state index in [9.17, 15) is 9.59 Å². The van der Waals surface area contributed by atoms with Crippen LogP contribution in [0.15, 0.2) is 12.7 Å². The second-order valence-corrected chi connectivity index (χ2v) is 3.10. The van der Waals surface area contributed by atoms with E-state index in [-0.39, 0.29) is 0 Å². The summed E-state index contributed by atoms with van der Waals surface area (Å²) >= 11 is 0. The topological polar surface area (TPSA) is 74.6 Å². The molecule has 0 unspecified atom stereocenters. The maximum atomic E-state index is 10.0. The van der Waals surface area contributed by atoms with E-state index in [1.807, 2.05) is 0 Å². The Kier molecular flexibility index (Phi) is 13.6. The van der Waals surface area contributed by atoms with Crippen molar-refractivity contribution in [2.75, 3.05) is 0 Å². The minimum absolute atomic E-state index is 0.337. The highest BCUT2D eigenvalue weighted by atomic mass is 16.4. The van der Waals surface area contributed by atoms with Crippen LogP contribution >= 0.6 is 0 Å². The summed E-state index contributed by atoms with van der Waals surface area (Å²) in [4.78, 5) is 19.3. The molecule has 0 saturated carbocycles. The minimum Gasteiger partial charge on any atom is -0.481 e. The molecular formula is C11H20O4. The van der Waals surface area contributed by atoms with E-state index in [1.165, 1.54) is 19.3 Å². The van der Waals surface area contributed by atoms with Gasteiger partial charge in [-0.1, -0.05) is 39.2 Å². The summed E-state index contributed by atoms with van der Waals surface area (Å²) in [6.45, 7) is 5.11. The highest BCUT2D eigenvalue weighted by Gasteiger charge is 1.94. The maximum absolute atomic E-state index is 10.0. The molecule has 0 bridgehead atoms. The molecule has 0 spiro atoms. The fourth-order valence-corrected chi connectivity index (χ4v) is 0.880. The lowest BCUT2D eigenvalue weighted by molar-refractivity contribution is -0.137. The van der Waals surface area contributed by atoms with Crippen LogP contribution < -0.4 is 0 Å². The van der Waals surface area contributed by atoms with Crippen LogP contribution in [-0.4, -0.2) is 22.2 Å². The van der Waals surface area contributed by atoms with Gasteiger partial charge >= 0.3 is 11.9 Å². The molecule has 0 aliphatic carbocycles. The molecule has 0 aliphatic heterocycles. The Hall–Kier alpha value is -1.32. The van der Waals surface area contributed by atoms with Gasteiger partial charge in [0.15, 0.2) is 0 Å². The normalized spacial score (nSPS) is 8.60. The first-order valence-electron chi connectivity index (χ1n) is 5.11. The van der Waals surface area contributed by atoms with E-state index in [0.717, 1.165) is 18.9 Å². The zero-order chi connectivity index (χ0) is 12.1. The number of aliphatic carboxylic acids is 2. The van der Waals surface area contributed by atoms with Gasteiger partial charge in [0.2, 0.25) is 0 Å². The van der Waals surface area contributed by atoms with Crippen molar-refractivity contribution >= 4 is 11.9 Å². The molecule has 0 saturated heterocycles. The largest absolute Gasteiger partial charge is 0.481 e. The predicted molar refractivity (Wildman–Crippen MR) is 58.8 cm³/mol. The van der Waals surface area contributed by atoms with Gasteiger partial charge in [-0.25, -0.2) is 4.79 Å². The van der Waals surface area contributed by atoms with Gasteiger partial charge in [-0.2, -0.15) is 0 Å². The average molecular weight is 216 g/mol. The third-order valence-electron chi connectivity index (χ3n) is 1.67. The van der Waals surface area contributed by atoms with Crippen LogP contribution in [0.3, 0.4) is 0 Å². The summed E-state index contributed by atoms with van der Waals surface area (Å²) in [5, 5.41) is 15.9. The van der Waals surface area contributed by atoms with Crippen molar-refractivity contribution in [3.05, 3.63) is 12.7 Å². The van der Waals surface area contributed by atoms with Crippen molar-refractivity contribution < 1.29 is 19.8 Å². The smallest absolute Gasteiger partial charge is 0.327 e. The zero-order valence-electron chi connectivity index (χ0n) is 9.24. The Bertz CT molecular complexity index is 187. The molecular weight excluding hydrogens is 196 g/mol. The number of carbonyl (C=O) groups is 2. The fourth-order valence-electron chi connectivity index (χ4n) is 0.880. The van der Waals surface area contributed by atoms with Gasteiger partial charge in [0.25, 0.3) is 0 Å². The van der Waals surface area contributed by atoms with Crippen molar-refractivity contribution in [3.8, 4) is 0 Å². The molecule has 0 rings (SSSR count). The summed E-state index contributed by atoms with van der Waals surface area (Å²) in [6, 6.07) is 0. The number of unbranched alkanes of at least 4 members (excludes halogenated alkanes) is 4. The van der Waals surface area contributed by atoms with E-state index in [4.69, 9.17) is 10.2 Å². The fraction of sp³-hybridized carbons (Fsp3) is 0.636. The second-order valence-electron chi connectivity index (χ2n) is 3.10. The zero-order valence-corrected chi connectivity index (χ0v) is 9.24. The van der Waals surface area contributed by atoms with Crippen LogP contribution in [0.5, 0.6) is 0 Å². The summed E-state index contributed by atoms with van der Waals surface area (Å²) < 4.78 is 0. The van der Waals surface area contributed by atoms with Crippen LogP contribution in [0.1, 0.15) is 45.4 Å². The Morgan fingerprint density at radius 1 is 1.13 bits per heavy atom. The first-order chi connectivity index (χ1) is 7.04. The molecule has 0 aromatic carbocycles. The molecule has 0 amide bonds. The number of hydrogen-bond donors (Lipinski definition) is 2. The molecule has 88 valence electrons. The van der Waals surface area contributed by atoms with E-state index < -0.39 is 11.9 Å². The number of carboxylic acid groups (broad SMARTS) is 2. The molecule has 0 aromatic heterocycles. The Morgan fingerprint density at radius 2 is 1.60 bits per heavy atom. The van der Waals surface area contributed by atoms with Crippen LogP contribution in [0.2, 0.25) is 0 Å².